The van der Waals surface area contributed by atoms with Gasteiger partial charge in [-0.05, 0) is 24.3 Å². The molecule has 2 heterocycles. The second kappa shape index (κ2) is 6.45. The van der Waals surface area contributed by atoms with Gasteiger partial charge >= 0.3 is 0 Å². The van der Waals surface area contributed by atoms with Crippen LogP contribution in [-0.4, -0.2) is 31.6 Å². The molecule has 0 aliphatic heterocycles. The number of nitrogens with zero attached hydrogens (tertiary/aromatic N) is 4. The highest BCUT2D eigenvalue weighted by Crippen LogP contribution is 2.23. The molecular formula is C15H12ClN5O2. The minimum Gasteiger partial charge on any atom is -0.487 e. The van der Waals surface area contributed by atoms with Crippen molar-refractivity contribution in [3.63, 3.8) is 0 Å². The van der Waals surface area contributed by atoms with E-state index in [1.54, 1.807) is 30.3 Å². The molecule has 0 unspecified atom stereocenters. The Balaban J connectivity index is 2.15. The van der Waals surface area contributed by atoms with E-state index in [0.29, 0.717) is 28.0 Å². The van der Waals surface area contributed by atoms with Gasteiger partial charge in [0.15, 0.2) is 17.3 Å². The summed E-state index contributed by atoms with van der Waals surface area (Å²) in [5, 5.41) is 11.4. The lowest BCUT2D eigenvalue weighted by Crippen LogP contribution is -2.22. The maximum atomic E-state index is 12.3. The zero-order chi connectivity index (χ0) is 16.2. The van der Waals surface area contributed by atoms with Gasteiger partial charge in [-0.15, -0.1) is 0 Å². The molecule has 0 bridgehead atoms. The lowest BCUT2D eigenvalue weighted by molar-refractivity contribution is 0.360. The van der Waals surface area contributed by atoms with E-state index in [1.807, 2.05) is 0 Å². The largest absolute Gasteiger partial charge is 0.487 e. The summed E-state index contributed by atoms with van der Waals surface area (Å²) < 4.78 is 6.74. The van der Waals surface area contributed by atoms with Crippen LogP contribution in [0.1, 0.15) is 0 Å². The van der Waals surface area contributed by atoms with Crippen LogP contribution in [0.4, 0.5) is 0 Å². The predicted molar refractivity (Wildman–Crippen MR) is 85.9 cm³/mol. The van der Waals surface area contributed by atoms with E-state index in [0.717, 1.165) is 0 Å². The smallest absolute Gasteiger partial charge is 0.275 e. The minimum absolute atomic E-state index is 0.243. The Morgan fingerprint density at radius 3 is 2.78 bits per heavy atom. The average molecular weight is 330 g/mol. The fraction of sp³-hybridized carbons (Fsp3) is 0.0667. The molecule has 23 heavy (non-hydrogen) atoms. The SMILES string of the molecule is C=CCOc1cc(=O)n(-c2ccc(Cl)cc2)nc1-c1ncn[nH]1. The van der Waals surface area contributed by atoms with Crippen molar-refractivity contribution in [2.45, 2.75) is 0 Å². The first-order valence-corrected chi connectivity index (χ1v) is 7.06. The number of H-pyrrole nitrogens is 1. The van der Waals surface area contributed by atoms with Crippen molar-refractivity contribution in [1.82, 2.24) is 25.0 Å². The van der Waals surface area contributed by atoms with Gasteiger partial charge in [0.1, 0.15) is 12.9 Å². The van der Waals surface area contributed by atoms with Crippen molar-refractivity contribution in [2.75, 3.05) is 6.61 Å². The van der Waals surface area contributed by atoms with E-state index in [1.165, 1.54) is 17.1 Å². The van der Waals surface area contributed by atoms with Crippen LogP contribution in [0.2, 0.25) is 5.02 Å². The summed E-state index contributed by atoms with van der Waals surface area (Å²) in [7, 11) is 0. The first kappa shape index (κ1) is 15.0. The fourth-order valence-corrected chi connectivity index (χ4v) is 2.08. The molecule has 0 aliphatic rings. The first-order valence-electron chi connectivity index (χ1n) is 6.69. The van der Waals surface area contributed by atoms with Crippen molar-refractivity contribution in [2.24, 2.45) is 0 Å². The average Bonchev–Trinajstić information content (AvgIpc) is 3.08. The molecule has 0 saturated carbocycles. The maximum Gasteiger partial charge on any atom is 0.275 e. The molecule has 2 aromatic heterocycles. The molecular weight excluding hydrogens is 318 g/mol. The van der Waals surface area contributed by atoms with Crippen molar-refractivity contribution in [3.8, 4) is 23.0 Å². The van der Waals surface area contributed by atoms with Crippen LogP contribution in [0.25, 0.3) is 17.2 Å². The monoisotopic (exact) mass is 329 g/mol. The number of hydrogen-bond acceptors (Lipinski definition) is 5. The Kier molecular flexibility index (Phi) is 4.20. The highest BCUT2D eigenvalue weighted by Gasteiger charge is 2.15. The molecule has 1 aromatic carbocycles. The van der Waals surface area contributed by atoms with Crippen LogP contribution in [0.15, 0.2) is 54.1 Å². The molecule has 0 saturated heterocycles. The van der Waals surface area contributed by atoms with Gasteiger partial charge in [0.05, 0.1) is 5.69 Å². The van der Waals surface area contributed by atoms with Gasteiger partial charge in [0.25, 0.3) is 5.56 Å². The standard InChI is InChI=1S/C15H12ClN5O2/c1-2-7-23-12-8-13(22)21(11-5-3-10(16)4-6-11)20-14(12)15-17-9-18-19-15/h2-6,8-9H,1,7H2,(H,17,18,19). The van der Waals surface area contributed by atoms with Crippen molar-refractivity contribution < 1.29 is 4.74 Å². The molecule has 0 aliphatic carbocycles. The number of hydrogen-bond donors (Lipinski definition) is 1. The van der Waals surface area contributed by atoms with Gasteiger partial charge in [0, 0.05) is 11.1 Å². The molecule has 0 amide bonds. The van der Waals surface area contributed by atoms with Gasteiger partial charge in [0.2, 0.25) is 0 Å². The summed E-state index contributed by atoms with van der Waals surface area (Å²) in [6.45, 7) is 3.83. The number of aromatic amines is 1. The van der Waals surface area contributed by atoms with Crippen molar-refractivity contribution >= 4 is 11.6 Å². The number of ether oxygens (including phenoxy) is 1. The van der Waals surface area contributed by atoms with Gasteiger partial charge < -0.3 is 4.74 Å². The number of aromatic nitrogens is 5. The first-order chi connectivity index (χ1) is 11.2. The Bertz CT molecular complexity index is 872. The molecule has 7 nitrogen and oxygen atoms in total. The lowest BCUT2D eigenvalue weighted by Gasteiger charge is -2.10. The second-order valence-corrected chi connectivity index (χ2v) is 4.95. The zero-order valence-corrected chi connectivity index (χ0v) is 12.7. The van der Waals surface area contributed by atoms with E-state index in [9.17, 15) is 4.79 Å². The van der Waals surface area contributed by atoms with Crippen LogP contribution in [0.5, 0.6) is 5.75 Å². The Morgan fingerprint density at radius 1 is 1.35 bits per heavy atom. The van der Waals surface area contributed by atoms with E-state index in [-0.39, 0.29) is 12.2 Å². The third kappa shape index (κ3) is 3.14. The Labute approximate surface area is 136 Å². The van der Waals surface area contributed by atoms with E-state index in [2.05, 4.69) is 26.9 Å². The molecule has 0 atom stereocenters. The van der Waals surface area contributed by atoms with Crippen LogP contribution in [-0.2, 0) is 0 Å². The highest BCUT2D eigenvalue weighted by atomic mass is 35.5. The Hall–Kier alpha value is -2.93. The molecule has 0 radical (unpaired) electrons. The maximum absolute atomic E-state index is 12.3. The van der Waals surface area contributed by atoms with Crippen LogP contribution >= 0.6 is 11.6 Å². The number of nitrogens with one attached hydrogen (secondary N) is 1. The fourth-order valence-electron chi connectivity index (χ4n) is 1.95. The molecule has 1 N–H and O–H groups in total. The summed E-state index contributed by atoms with van der Waals surface area (Å²) >= 11 is 5.87. The molecule has 116 valence electrons. The summed E-state index contributed by atoms with van der Waals surface area (Å²) in [5.41, 5.74) is 0.615. The van der Waals surface area contributed by atoms with E-state index < -0.39 is 0 Å². The number of rotatable bonds is 5. The molecule has 0 spiro atoms. The minimum atomic E-state index is -0.338. The van der Waals surface area contributed by atoms with Gasteiger partial charge in [-0.25, -0.2) is 4.98 Å². The summed E-state index contributed by atoms with van der Waals surface area (Å²) in [6.07, 6.45) is 2.93. The zero-order valence-electron chi connectivity index (χ0n) is 11.9. The molecule has 0 fully saturated rings. The second-order valence-electron chi connectivity index (χ2n) is 4.52. The van der Waals surface area contributed by atoms with Gasteiger partial charge in [-0.2, -0.15) is 14.9 Å². The van der Waals surface area contributed by atoms with Gasteiger partial charge in [-0.1, -0.05) is 24.3 Å². The summed E-state index contributed by atoms with van der Waals surface area (Å²) in [6, 6.07) is 8.11. The quantitative estimate of drug-likeness (QED) is 0.725. The molecule has 3 rings (SSSR count). The lowest BCUT2D eigenvalue weighted by atomic mass is 10.3. The van der Waals surface area contributed by atoms with Crippen molar-refractivity contribution in [1.29, 1.82) is 0 Å². The molecule has 3 aromatic rings. The summed E-state index contributed by atoms with van der Waals surface area (Å²) in [4.78, 5) is 16.4. The van der Waals surface area contributed by atoms with Crippen LogP contribution in [0.3, 0.4) is 0 Å². The predicted octanol–water partition coefficient (Wildman–Crippen LogP) is 2.24. The van der Waals surface area contributed by atoms with Crippen LogP contribution in [0, 0.1) is 0 Å². The number of halogens is 1. The number of benzene rings is 1. The third-order valence-corrected chi connectivity index (χ3v) is 3.22. The Morgan fingerprint density at radius 2 is 2.13 bits per heavy atom. The van der Waals surface area contributed by atoms with Crippen LogP contribution < -0.4 is 10.3 Å². The third-order valence-electron chi connectivity index (χ3n) is 2.96. The molecule has 8 heteroatoms. The normalized spacial score (nSPS) is 10.5. The van der Waals surface area contributed by atoms with E-state index in [4.69, 9.17) is 16.3 Å². The highest BCUT2D eigenvalue weighted by molar-refractivity contribution is 6.30. The van der Waals surface area contributed by atoms with Gasteiger partial charge in [-0.3, -0.25) is 9.89 Å². The van der Waals surface area contributed by atoms with Crippen molar-refractivity contribution in [3.05, 3.63) is 64.7 Å². The topological polar surface area (TPSA) is 85.7 Å². The van der Waals surface area contributed by atoms with E-state index >= 15 is 0 Å². The summed E-state index contributed by atoms with van der Waals surface area (Å²) in [5.74, 6) is 0.698.